The van der Waals surface area contributed by atoms with Crippen LogP contribution in [0.1, 0.15) is 37.3 Å². The number of benzene rings is 1. The number of nitrogens with two attached hydrogens (primary N) is 1. The van der Waals surface area contributed by atoms with Gasteiger partial charge in [-0.15, -0.1) is 0 Å². The average molecular weight is 190 g/mol. The lowest BCUT2D eigenvalue weighted by molar-refractivity contribution is 0.535. The predicted octanol–water partition coefficient (Wildman–Crippen LogP) is 2.47. The molecule has 0 bridgehead atoms. The van der Waals surface area contributed by atoms with Crippen molar-refractivity contribution in [2.75, 3.05) is 12.3 Å². The molecule has 0 radical (unpaired) electrons. The highest BCUT2D eigenvalue weighted by Crippen LogP contribution is 2.23. The molecule has 1 unspecified atom stereocenters. The van der Waals surface area contributed by atoms with E-state index in [1.54, 1.807) is 0 Å². The van der Waals surface area contributed by atoms with Gasteiger partial charge < -0.3 is 11.1 Å². The lowest BCUT2D eigenvalue weighted by Crippen LogP contribution is -2.20. The Balaban J connectivity index is 2.08. The normalized spacial score (nSPS) is 23.0. The zero-order valence-electron chi connectivity index (χ0n) is 8.50. The Labute approximate surface area is 85.5 Å². The van der Waals surface area contributed by atoms with E-state index >= 15 is 0 Å². The summed E-state index contributed by atoms with van der Waals surface area (Å²) >= 11 is 0. The molecule has 1 aromatic carbocycles. The molecule has 0 saturated carbocycles. The van der Waals surface area contributed by atoms with Crippen molar-refractivity contribution in [2.24, 2.45) is 0 Å². The van der Waals surface area contributed by atoms with Crippen molar-refractivity contribution >= 4 is 5.69 Å². The maximum atomic E-state index is 5.67. The summed E-state index contributed by atoms with van der Waals surface area (Å²) in [5, 5.41) is 3.58. The van der Waals surface area contributed by atoms with Gasteiger partial charge in [-0.25, -0.2) is 0 Å². The smallest absolute Gasteiger partial charge is 0.0320 e. The molecule has 1 aliphatic rings. The van der Waals surface area contributed by atoms with Crippen LogP contribution in [0.3, 0.4) is 0 Å². The van der Waals surface area contributed by atoms with E-state index < -0.39 is 0 Å². The van der Waals surface area contributed by atoms with E-state index in [-0.39, 0.29) is 0 Å². The maximum Gasteiger partial charge on any atom is 0.0320 e. The zero-order valence-corrected chi connectivity index (χ0v) is 8.50. The molecule has 2 heteroatoms. The van der Waals surface area contributed by atoms with Crippen molar-refractivity contribution < 1.29 is 0 Å². The monoisotopic (exact) mass is 190 g/mol. The molecular formula is C12H18N2. The SMILES string of the molecule is Nc1ccc(C2CCCCCN2)cc1. The summed E-state index contributed by atoms with van der Waals surface area (Å²) in [5.41, 5.74) is 7.89. The number of nitrogen functional groups attached to an aromatic ring is 1. The number of hydrogen-bond donors (Lipinski definition) is 2. The molecule has 3 N–H and O–H groups in total. The summed E-state index contributed by atoms with van der Waals surface area (Å²) in [5.74, 6) is 0. The Kier molecular flexibility index (Phi) is 3.04. The van der Waals surface area contributed by atoms with Crippen LogP contribution in [-0.2, 0) is 0 Å². The largest absolute Gasteiger partial charge is 0.399 e. The summed E-state index contributed by atoms with van der Waals surface area (Å²) in [4.78, 5) is 0. The van der Waals surface area contributed by atoms with Gasteiger partial charge in [0.1, 0.15) is 0 Å². The molecule has 1 heterocycles. The number of hydrogen-bond acceptors (Lipinski definition) is 2. The highest BCUT2D eigenvalue weighted by atomic mass is 14.9. The molecule has 0 aliphatic carbocycles. The molecule has 2 nitrogen and oxygen atoms in total. The predicted molar refractivity (Wildman–Crippen MR) is 60.1 cm³/mol. The second-order valence-corrected chi connectivity index (χ2v) is 4.02. The summed E-state index contributed by atoms with van der Waals surface area (Å²) in [7, 11) is 0. The fourth-order valence-corrected chi connectivity index (χ4v) is 2.04. The molecule has 2 rings (SSSR count). The Hall–Kier alpha value is -1.02. The van der Waals surface area contributed by atoms with E-state index in [2.05, 4.69) is 17.4 Å². The first-order valence-electron chi connectivity index (χ1n) is 5.45. The van der Waals surface area contributed by atoms with Crippen LogP contribution < -0.4 is 11.1 Å². The van der Waals surface area contributed by atoms with Gasteiger partial charge in [0, 0.05) is 11.7 Å². The van der Waals surface area contributed by atoms with Gasteiger partial charge in [0.15, 0.2) is 0 Å². The summed E-state index contributed by atoms with van der Waals surface area (Å²) in [6.07, 6.45) is 5.26. The quantitative estimate of drug-likeness (QED) is 0.668. The molecule has 1 saturated heterocycles. The molecular weight excluding hydrogens is 172 g/mol. The van der Waals surface area contributed by atoms with Crippen molar-refractivity contribution in [3.63, 3.8) is 0 Å². The third-order valence-electron chi connectivity index (χ3n) is 2.90. The van der Waals surface area contributed by atoms with Crippen molar-refractivity contribution in [3.8, 4) is 0 Å². The second-order valence-electron chi connectivity index (χ2n) is 4.02. The third kappa shape index (κ3) is 2.26. The summed E-state index contributed by atoms with van der Waals surface area (Å²) < 4.78 is 0. The Morgan fingerprint density at radius 1 is 1.07 bits per heavy atom. The Bertz CT molecular complexity index is 271. The second kappa shape index (κ2) is 4.47. The molecule has 14 heavy (non-hydrogen) atoms. The number of nitrogens with one attached hydrogen (secondary N) is 1. The minimum Gasteiger partial charge on any atom is -0.399 e. The van der Waals surface area contributed by atoms with E-state index in [0.29, 0.717) is 6.04 Å². The van der Waals surface area contributed by atoms with Crippen LogP contribution in [0.4, 0.5) is 5.69 Å². The minimum absolute atomic E-state index is 0.540. The van der Waals surface area contributed by atoms with Crippen LogP contribution in [0.25, 0.3) is 0 Å². The van der Waals surface area contributed by atoms with Crippen molar-refractivity contribution in [1.29, 1.82) is 0 Å². The van der Waals surface area contributed by atoms with Gasteiger partial charge in [0.25, 0.3) is 0 Å². The van der Waals surface area contributed by atoms with Gasteiger partial charge in [-0.2, -0.15) is 0 Å². The minimum atomic E-state index is 0.540. The number of rotatable bonds is 1. The highest BCUT2D eigenvalue weighted by Gasteiger charge is 2.12. The highest BCUT2D eigenvalue weighted by molar-refractivity contribution is 5.40. The average Bonchev–Trinajstić information content (AvgIpc) is 2.47. The van der Waals surface area contributed by atoms with Crippen LogP contribution in [0.2, 0.25) is 0 Å². The fourth-order valence-electron chi connectivity index (χ4n) is 2.04. The van der Waals surface area contributed by atoms with Gasteiger partial charge in [-0.05, 0) is 37.1 Å². The van der Waals surface area contributed by atoms with E-state index in [0.717, 1.165) is 12.2 Å². The van der Waals surface area contributed by atoms with Crippen LogP contribution in [0.15, 0.2) is 24.3 Å². The topological polar surface area (TPSA) is 38.0 Å². The molecule has 0 aromatic heterocycles. The van der Waals surface area contributed by atoms with Crippen molar-refractivity contribution in [2.45, 2.75) is 31.7 Å². The fraction of sp³-hybridized carbons (Fsp3) is 0.500. The van der Waals surface area contributed by atoms with Crippen molar-refractivity contribution in [3.05, 3.63) is 29.8 Å². The lowest BCUT2D eigenvalue weighted by atomic mass is 10.0. The maximum absolute atomic E-state index is 5.67. The molecule has 1 fully saturated rings. The van der Waals surface area contributed by atoms with Crippen LogP contribution >= 0.6 is 0 Å². The number of anilines is 1. The van der Waals surface area contributed by atoms with Crippen LogP contribution in [-0.4, -0.2) is 6.54 Å². The first kappa shape index (κ1) is 9.53. The third-order valence-corrected chi connectivity index (χ3v) is 2.90. The zero-order chi connectivity index (χ0) is 9.80. The van der Waals surface area contributed by atoms with E-state index in [1.807, 2.05) is 12.1 Å². The molecule has 1 atom stereocenters. The van der Waals surface area contributed by atoms with Crippen molar-refractivity contribution in [1.82, 2.24) is 5.32 Å². The summed E-state index contributed by atoms with van der Waals surface area (Å²) in [6, 6.07) is 8.79. The van der Waals surface area contributed by atoms with Gasteiger partial charge in [0.2, 0.25) is 0 Å². The van der Waals surface area contributed by atoms with E-state index in [4.69, 9.17) is 5.73 Å². The standard InChI is InChI=1S/C12H18N2/c13-11-7-5-10(6-8-11)12-4-2-1-3-9-14-12/h5-8,12,14H,1-4,9,13H2. The van der Waals surface area contributed by atoms with E-state index in [1.165, 1.54) is 31.2 Å². The van der Waals surface area contributed by atoms with Crippen LogP contribution in [0, 0.1) is 0 Å². The molecule has 1 aliphatic heterocycles. The first-order chi connectivity index (χ1) is 6.86. The van der Waals surface area contributed by atoms with Crippen LogP contribution in [0.5, 0.6) is 0 Å². The Morgan fingerprint density at radius 3 is 2.64 bits per heavy atom. The Morgan fingerprint density at radius 2 is 1.86 bits per heavy atom. The van der Waals surface area contributed by atoms with Gasteiger partial charge in [-0.3, -0.25) is 0 Å². The first-order valence-corrected chi connectivity index (χ1v) is 5.45. The molecule has 0 amide bonds. The molecule has 1 aromatic rings. The van der Waals surface area contributed by atoms with E-state index in [9.17, 15) is 0 Å². The molecule has 0 spiro atoms. The lowest BCUT2D eigenvalue weighted by Gasteiger charge is -2.16. The van der Waals surface area contributed by atoms with Gasteiger partial charge in [-0.1, -0.05) is 25.0 Å². The van der Waals surface area contributed by atoms with Gasteiger partial charge >= 0.3 is 0 Å². The van der Waals surface area contributed by atoms with Gasteiger partial charge in [0.05, 0.1) is 0 Å². The summed E-state index contributed by atoms with van der Waals surface area (Å²) in [6.45, 7) is 1.15. The molecule has 76 valence electrons.